The fraction of sp³-hybridized carbons (Fsp3) is 0.273. The summed E-state index contributed by atoms with van der Waals surface area (Å²) < 4.78 is 0. The molecule has 26 heavy (non-hydrogen) atoms. The van der Waals surface area contributed by atoms with E-state index < -0.39 is 0 Å². The minimum absolute atomic E-state index is 0.552. The molecule has 1 N–H and O–H groups in total. The molecule has 4 nitrogen and oxygen atoms in total. The minimum atomic E-state index is 0.552. The highest BCUT2D eigenvalue weighted by Gasteiger charge is 2.11. The van der Waals surface area contributed by atoms with Crippen molar-refractivity contribution in [2.45, 2.75) is 20.4 Å². The van der Waals surface area contributed by atoms with Crippen molar-refractivity contribution in [3.8, 4) is 11.4 Å². The van der Waals surface area contributed by atoms with Gasteiger partial charge >= 0.3 is 0 Å². The molecule has 3 rings (SSSR count). The molecule has 0 atom stereocenters. The van der Waals surface area contributed by atoms with Crippen LogP contribution in [-0.4, -0.2) is 23.6 Å². The van der Waals surface area contributed by atoms with Crippen molar-refractivity contribution >= 4 is 11.6 Å². The summed E-state index contributed by atoms with van der Waals surface area (Å²) in [5, 5.41) is 3.44. The van der Waals surface area contributed by atoms with Crippen molar-refractivity contribution in [2.75, 3.05) is 23.8 Å². The largest absolute Gasteiger partial charge is 0.370 e. The van der Waals surface area contributed by atoms with Crippen LogP contribution in [0.1, 0.15) is 19.4 Å². The van der Waals surface area contributed by atoms with E-state index in [1.54, 1.807) is 0 Å². The maximum absolute atomic E-state index is 4.80. The Labute approximate surface area is 155 Å². The molecule has 0 aliphatic heterocycles. The molecule has 134 valence electrons. The van der Waals surface area contributed by atoms with Crippen LogP contribution in [-0.2, 0) is 6.54 Å². The standard InChI is InChI=1S/C22H26N4/c1-17(2)15-23-20-14-21(26(3)16-18-10-6-4-7-11-18)25-22(24-20)19-12-8-5-9-13-19/h4-14,17H,15-16H2,1-3H3,(H,23,24,25). The predicted molar refractivity (Wildman–Crippen MR) is 109 cm³/mol. The molecule has 3 aromatic rings. The van der Waals surface area contributed by atoms with Gasteiger partial charge in [0.05, 0.1) is 0 Å². The lowest BCUT2D eigenvalue weighted by atomic mass is 10.2. The molecule has 0 bridgehead atoms. The van der Waals surface area contributed by atoms with Crippen LogP contribution in [0, 0.1) is 5.92 Å². The fourth-order valence-electron chi connectivity index (χ4n) is 2.68. The van der Waals surface area contributed by atoms with Crippen LogP contribution >= 0.6 is 0 Å². The van der Waals surface area contributed by atoms with Gasteiger partial charge in [0.2, 0.25) is 0 Å². The highest BCUT2D eigenvalue weighted by atomic mass is 15.2. The molecule has 2 aromatic carbocycles. The van der Waals surface area contributed by atoms with E-state index in [0.717, 1.165) is 36.1 Å². The Bertz CT molecular complexity index is 816. The Balaban J connectivity index is 1.91. The van der Waals surface area contributed by atoms with Gasteiger partial charge in [-0.1, -0.05) is 74.5 Å². The maximum atomic E-state index is 4.80. The molecule has 0 aliphatic rings. The Morgan fingerprint density at radius 1 is 0.923 bits per heavy atom. The number of nitrogens with one attached hydrogen (secondary N) is 1. The molecule has 0 spiro atoms. The van der Waals surface area contributed by atoms with Gasteiger partial charge in [0.15, 0.2) is 5.82 Å². The van der Waals surface area contributed by atoms with Crippen LogP contribution in [0.15, 0.2) is 66.7 Å². The third-order valence-electron chi connectivity index (χ3n) is 4.09. The molecular weight excluding hydrogens is 320 g/mol. The summed E-state index contributed by atoms with van der Waals surface area (Å²) in [6.45, 7) is 6.06. The normalized spacial score (nSPS) is 10.8. The smallest absolute Gasteiger partial charge is 0.163 e. The number of nitrogens with zero attached hydrogens (tertiary/aromatic N) is 3. The molecular formula is C22H26N4. The fourth-order valence-corrected chi connectivity index (χ4v) is 2.68. The first-order valence-corrected chi connectivity index (χ1v) is 9.05. The lowest BCUT2D eigenvalue weighted by Gasteiger charge is -2.20. The first kappa shape index (κ1) is 17.9. The van der Waals surface area contributed by atoms with E-state index >= 15 is 0 Å². The lowest BCUT2D eigenvalue weighted by Crippen LogP contribution is -2.19. The van der Waals surface area contributed by atoms with Gasteiger partial charge in [-0.3, -0.25) is 0 Å². The quantitative estimate of drug-likeness (QED) is 0.664. The monoisotopic (exact) mass is 346 g/mol. The van der Waals surface area contributed by atoms with Crippen molar-refractivity contribution in [2.24, 2.45) is 5.92 Å². The van der Waals surface area contributed by atoms with Gasteiger partial charge in [-0.15, -0.1) is 0 Å². The van der Waals surface area contributed by atoms with E-state index in [1.807, 2.05) is 42.5 Å². The third-order valence-corrected chi connectivity index (χ3v) is 4.09. The zero-order chi connectivity index (χ0) is 18.4. The van der Waals surface area contributed by atoms with Gasteiger partial charge in [0.1, 0.15) is 11.6 Å². The van der Waals surface area contributed by atoms with Crippen molar-refractivity contribution in [3.63, 3.8) is 0 Å². The summed E-state index contributed by atoms with van der Waals surface area (Å²) in [5.41, 5.74) is 2.28. The number of benzene rings is 2. The molecule has 0 saturated heterocycles. The van der Waals surface area contributed by atoms with Crippen LogP contribution < -0.4 is 10.2 Å². The molecule has 1 aromatic heterocycles. The minimum Gasteiger partial charge on any atom is -0.370 e. The molecule has 0 saturated carbocycles. The van der Waals surface area contributed by atoms with Crippen LogP contribution in [0.25, 0.3) is 11.4 Å². The van der Waals surface area contributed by atoms with Gasteiger partial charge < -0.3 is 10.2 Å². The van der Waals surface area contributed by atoms with Crippen LogP contribution in [0.2, 0.25) is 0 Å². The van der Waals surface area contributed by atoms with Crippen LogP contribution in [0.3, 0.4) is 0 Å². The summed E-state index contributed by atoms with van der Waals surface area (Å²) in [6, 6.07) is 22.6. The van der Waals surface area contributed by atoms with E-state index in [9.17, 15) is 0 Å². The summed E-state index contributed by atoms with van der Waals surface area (Å²) >= 11 is 0. The Morgan fingerprint density at radius 3 is 2.23 bits per heavy atom. The second kappa shape index (κ2) is 8.48. The second-order valence-electron chi connectivity index (χ2n) is 6.92. The molecule has 0 fully saturated rings. The first-order valence-electron chi connectivity index (χ1n) is 9.05. The third kappa shape index (κ3) is 4.82. The van der Waals surface area contributed by atoms with Crippen molar-refractivity contribution in [1.29, 1.82) is 0 Å². The number of aromatic nitrogens is 2. The van der Waals surface area contributed by atoms with Crippen LogP contribution in [0.5, 0.6) is 0 Å². The van der Waals surface area contributed by atoms with E-state index in [0.29, 0.717) is 5.92 Å². The van der Waals surface area contributed by atoms with Gasteiger partial charge in [0.25, 0.3) is 0 Å². The summed E-state index contributed by atoms with van der Waals surface area (Å²) in [6.07, 6.45) is 0. The number of hydrogen-bond donors (Lipinski definition) is 1. The number of rotatable bonds is 7. The van der Waals surface area contributed by atoms with Gasteiger partial charge in [0, 0.05) is 31.8 Å². The number of hydrogen-bond acceptors (Lipinski definition) is 4. The Morgan fingerprint density at radius 2 is 1.58 bits per heavy atom. The second-order valence-corrected chi connectivity index (χ2v) is 6.92. The SMILES string of the molecule is CC(C)CNc1cc(N(C)Cc2ccccc2)nc(-c2ccccc2)n1. The summed E-state index contributed by atoms with van der Waals surface area (Å²) in [4.78, 5) is 11.7. The van der Waals surface area contributed by atoms with Crippen molar-refractivity contribution in [3.05, 3.63) is 72.3 Å². The van der Waals surface area contributed by atoms with E-state index in [1.165, 1.54) is 5.56 Å². The summed E-state index contributed by atoms with van der Waals surface area (Å²) in [7, 11) is 2.07. The molecule has 0 radical (unpaired) electrons. The predicted octanol–water partition coefficient (Wildman–Crippen LogP) is 4.85. The van der Waals surface area contributed by atoms with Crippen molar-refractivity contribution < 1.29 is 0 Å². The molecule has 0 unspecified atom stereocenters. The molecule has 0 amide bonds. The van der Waals surface area contributed by atoms with Gasteiger partial charge in [-0.05, 0) is 11.5 Å². The Hall–Kier alpha value is -2.88. The number of anilines is 2. The van der Waals surface area contributed by atoms with E-state index in [4.69, 9.17) is 9.97 Å². The highest BCUT2D eigenvalue weighted by molar-refractivity contribution is 5.61. The van der Waals surface area contributed by atoms with E-state index in [-0.39, 0.29) is 0 Å². The zero-order valence-corrected chi connectivity index (χ0v) is 15.7. The lowest BCUT2D eigenvalue weighted by molar-refractivity contribution is 0.687. The van der Waals surface area contributed by atoms with Crippen molar-refractivity contribution in [1.82, 2.24) is 9.97 Å². The van der Waals surface area contributed by atoms with Gasteiger partial charge in [-0.2, -0.15) is 0 Å². The molecule has 1 heterocycles. The highest BCUT2D eigenvalue weighted by Crippen LogP contribution is 2.23. The first-order chi connectivity index (χ1) is 12.6. The van der Waals surface area contributed by atoms with Gasteiger partial charge in [-0.25, -0.2) is 9.97 Å². The average Bonchev–Trinajstić information content (AvgIpc) is 2.67. The topological polar surface area (TPSA) is 41.0 Å². The Kier molecular flexibility index (Phi) is 5.84. The summed E-state index contributed by atoms with van der Waals surface area (Å²) in [5.74, 6) is 3.07. The zero-order valence-electron chi connectivity index (χ0n) is 15.7. The van der Waals surface area contributed by atoms with E-state index in [2.05, 4.69) is 55.4 Å². The molecule has 0 aliphatic carbocycles. The average molecular weight is 346 g/mol. The molecule has 4 heteroatoms. The maximum Gasteiger partial charge on any atom is 0.163 e. The van der Waals surface area contributed by atoms with Crippen LogP contribution in [0.4, 0.5) is 11.6 Å².